The second-order valence-electron chi connectivity index (χ2n) is 13.9. The van der Waals surface area contributed by atoms with Gasteiger partial charge in [-0.1, -0.05) is 84.9 Å². The highest BCUT2D eigenvalue weighted by molar-refractivity contribution is 6.22. The smallest absolute Gasteiger partial charge is 0.307 e. The Balaban J connectivity index is 1.14. The Bertz CT molecular complexity index is 3700. The Morgan fingerprint density at radius 1 is 0.407 bits per heavy atom. The fourth-order valence-corrected chi connectivity index (χ4v) is 8.95. The summed E-state index contributed by atoms with van der Waals surface area (Å²) in [5.41, 5.74) is 14.3. The van der Waals surface area contributed by atoms with Crippen LogP contribution in [0.5, 0.6) is 0 Å². The van der Waals surface area contributed by atoms with Crippen LogP contribution < -0.4 is 0 Å². The molecule has 6 heterocycles. The Morgan fingerprint density at radius 3 is 1.72 bits per heavy atom. The zero-order valence-electron chi connectivity index (χ0n) is 28.6. The first-order chi connectivity index (χ1) is 26.8. The number of oxazole rings is 1. The molecule has 252 valence electrons. The van der Waals surface area contributed by atoms with E-state index in [2.05, 4.69) is 162 Å². The van der Waals surface area contributed by atoms with Crippen LogP contribution in [0.15, 0.2) is 168 Å². The maximum Gasteiger partial charge on any atom is 0.307 e. The van der Waals surface area contributed by atoms with Gasteiger partial charge in [0, 0.05) is 21.8 Å². The van der Waals surface area contributed by atoms with Gasteiger partial charge in [0.1, 0.15) is 5.65 Å². The number of hydrogen-bond acceptors (Lipinski definition) is 3. The zero-order chi connectivity index (χ0) is 35.1. The molecule has 8 heteroatoms. The quantitative estimate of drug-likeness (QED) is 0.185. The number of nitrogens with zero attached hydrogens (tertiary/aromatic N) is 7. The van der Waals surface area contributed by atoms with E-state index in [1.165, 1.54) is 16.2 Å². The van der Waals surface area contributed by atoms with Crippen LogP contribution in [0, 0.1) is 0 Å². The van der Waals surface area contributed by atoms with Gasteiger partial charge < -0.3 is 4.42 Å². The molecule has 0 radical (unpaired) electrons. The van der Waals surface area contributed by atoms with Gasteiger partial charge in [-0.2, -0.15) is 4.98 Å². The number of hydrogen-bond donors (Lipinski definition) is 0. The molecule has 0 saturated heterocycles. The van der Waals surface area contributed by atoms with Crippen LogP contribution >= 0.6 is 0 Å². The topological polar surface area (TPSA) is 62.5 Å². The molecule has 0 N–H and O–H groups in total. The van der Waals surface area contributed by atoms with Crippen molar-refractivity contribution in [1.29, 1.82) is 0 Å². The van der Waals surface area contributed by atoms with Gasteiger partial charge in [-0.3, -0.25) is 22.5 Å². The van der Waals surface area contributed by atoms with Gasteiger partial charge in [0.15, 0.2) is 5.58 Å². The van der Waals surface area contributed by atoms with Crippen molar-refractivity contribution in [2.75, 3.05) is 0 Å². The van der Waals surface area contributed by atoms with Crippen molar-refractivity contribution < 1.29 is 4.42 Å². The largest absolute Gasteiger partial charge is 0.421 e. The molecule has 8 nitrogen and oxygen atoms in total. The summed E-state index contributed by atoms with van der Waals surface area (Å²) in [7, 11) is 0. The lowest BCUT2D eigenvalue weighted by Gasteiger charge is -2.14. The molecule has 13 aromatic rings. The average molecular weight is 694 g/mol. The summed E-state index contributed by atoms with van der Waals surface area (Å²) >= 11 is 0. The molecule has 0 saturated carbocycles. The average Bonchev–Trinajstić information content (AvgIpc) is 4.05. The van der Waals surface area contributed by atoms with E-state index in [-0.39, 0.29) is 0 Å². The van der Waals surface area contributed by atoms with E-state index >= 15 is 0 Å². The molecule has 0 spiro atoms. The SMILES string of the molecule is c1cc(-n2c3ccccc3c3c4ccccc4n(-c4cccc5c4oc4nc6ccccc6n45)c32)cc(-n2c3ccccc3n3c4ccccc4nc23)c1. The lowest BCUT2D eigenvalue weighted by molar-refractivity contribution is 0.641. The molecule has 0 aliphatic rings. The van der Waals surface area contributed by atoms with Crippen molar-refractivity contribution in [3.05, 3.63) is 164 Å². The fourth-order valence-electron chi connectivity index (χ4n) is 8.95. The summed E-state index contributed by atoms with van der Waals surface area (Å²) in [6.45, 7) is 0. The second kappa shape index (κ2) is 10.1. The summed E-state index contributed by atoms with van der Waals surface area (Å²) in [4.78, 5) is 10.0. The monoisotopic (exact) mass is 693 g/mol. The van der Waals surface area contributed by atoms with Crippen molar-refractivity contribution in [3.63, 3.8) is 0 Å². The van der Waals surface area contributed by atoms with E-state index in [0.29, 0.717) is 5.84 Å². The maximum absolute atomic E-state index is 6.69. The molecule has 0 amide bonds. The van der Waals surface area contributed by atoms with Crippen molar-refractivity contribution >= 4 is 88.7 Å². The van der Waals surface area contributed by atoms with E-state index in [1.807, 2.05) is 24.3 Å². The molecule has 0 unspecified atom stereocenters. The minimum Gasteiger partial charge on any atom is -0.421 e. The summed E-state index contributed by atoms with van der Waals surface area (Å²) in [6, 6.07) is 57.7. The molecule has 13 rings (SSSR count). The molecule has 0 bridgehead atoms. The van der Waals surface area contributed by atoms with Crippen molar-refractivity contribution in [2.45, 2.75) is 0 Å². The molecule has 54 heavy (non-hydrogen) atoms. The second-order valence-corrected chi connectivity index (χ2v) is 13.9. The standard InChI is InChI=1S/C46H27N7O/c1-5-19-34-30(15-1)42-31-16-2-6-20-35(31)51(40-25-12-26-41-43(40)54-46-48-33-18-4-8-22-37(33)53(41)46)44(42)49(34)28-13-11-14-29(27-28)50-38-23-9-10-24-39(38)52-36-21-7-3-17-32(36)47-45(50)52/h1-27H. The number of imidazole rings is 3. The van der Waals surface area contributed by atoms with Crippen molar-refractivity contribution in [2.24, 2.45) is 0 Å². The van der Waals surface area contributed by atoms with Crippen molar-refractivity contribution in [3.8, 4) is 17.1 Å². The predicted molar refractivity (Wildman–Crippen MR) is 217 cm³/mol. The predicted octanol–water partition coefficient (Wildman–Crippen LogP) is 11.0. The van der Waals surface area contributed by atoms with Crippen molar-refractivity contribution in [1.82, 2.24) is 32.5 Å². The third-order valence-corrected chi connectivity index (χ3v) is 11.1. The van der Waals surface area contributed by atoms with Gasteiger partial charge in [0.25, 0.3) is 0 Å². The lowest BCUT2D eigenvalue weighted by atomic mass is 10.1. The molecule has 0 aliphatic heterocycles. The first-order valence-corrected chi connectivity index (χ1v) is 18.1. The Labute approximate surface area is 305 Å². The van der Waals surface area contributed by atoms with Gasteiger partial charge >= 0.3 is 5.84 Å². The molecule has 0 fully saturated rings. The molecule has 0 aliphatic carbocycles. The van der Waals surface area contributed by atoms with Gasteiger partial charge in [-0.15, -0.1) is 0 Å². The number of rotatable bonds is 3. The minimum atomic E-state index is 0.580. The third kappa shape index (κ3) is 3.47. The van der Waals surface area contributed by atoms with Crippen LogP contribution in [-0.2, 0) is 0 Å². The van der Waals surface area contributed by atoms with E-state index in [1.54, 1.807) is 0 Å². The highest BCUT2D eigenvalue weighted by Crippen LogP contribution is 2.43. The highest BCUT2D eigenvalue weighted by Gasteiger charge is 2.25. The van der Waals surface area contributed by atoms with Gasteiger partial charge in [-0.05, 0) is 78.9 Å². The van der Waals surface area contributed by atoms with Crippen LogP contribution in [0.2, 0.25) is 0 Å². The first kappa shape index (κ1) is 28.1. The van der Waals surface area contributed by atoms with Crippen LogP contribution in [-0.4, -0.2) is 32.5 Å². The molecular weight excluding hydrogens is 667 g/mol. The summed E-state index contributed by atoms with van der Waals surface area (Å²) in [6.07, 6.45) is 0. The highest BCUT2D eigenvalue weighted by atomic mass is 16.4. The summed E-state index contributed by atoms with van der Waals surface area (Å²) in [5, 5.41) is 3.56. The van der Waals surface area contributed by atoms with E-state index in [0.717, 1.165) is 83.7 Å². The van der Waals surface area contributed by atoms with Gasteiger partial charge in [0.05, 0.1) is 61.0 Å². The lowest BCUT2D eigenvalue weighted by Crippen LogP contribution is -2.03. The first-order valence-electron chi connectivity index (χ1n) is 18.1. The minimum absolute atomic E-state index is 0.580. The van der Waals surface area contributed by atoms with Crippen LogP contribution in [0.3, 0.4) is 0 Å². The number of aromatic nitrogens is 7. The molecule has 6 aromatic heterocycles. The molecule has 7 aromatic carbocycles. The van der Waals surface area contributed by atoms with E-state index in [4.69, 9.17) is 14.4 Å². The number of benzene rings is 7. The van der Waals surface area contributed by atoms with Crippen LogP contribution in [0.25, 0.3) is 106 Å². The Hall–Kier alpha value is -7.58. The van der Waals surface area contributed by atoms with E-state index in [9.17, 15) is 0 Å². The summed E-state index contributed by atoms with van der Waals surface area (Å²) in [5.74, 6) is 1.46. The van der Waals surface area contributed by atoms with Crippen LogP contribution in [0.4, 0.5) is 0 Å². The number of fused-ring (bicyclic) bond motifs is 15. The Morgan fingerprint density at radius 2 is 0.963 bits per heavy atom. The Kier molecular flexibility index (Phi) is 5.22. The summed E-state index contributed by atoms with van der Waals surface area (Å²) < 4.78 is 18.1. The fraction of sp³-hybridized carbons (Fsp3) is 0. The van der Waals surface area contributed by atoms with Gasteiger partial charge in [-0.25, -0.2) is 4.98 Å². The normalized spacial score (nSPS) is 12.4. The number of para-hydroxylation sites is 9. The zero-order valence-corrected chi connectivity index (χ0v) is 28.6. The van der Waals surface area contributed by atoms with Gasteiger partial charge in [0.2, 0.25) is 5.78 Å². The molecule has 0 atom stereocenters. The molecular formula is C46H27N7O. The van der Waals surface area contributed by atoms with Crippen LogP contribution in [0.1, 0.15) is 0 Å². The maximum atomic E-state index is 6.69. The van der Waals surface area contributed by atoms with E-state index < -0.39 is 0 Å². The third-order valence-electron chi connectivity index (χ3n) is 11.1.